The van der Waals surface area contributed by atoms with Gasteiger partial charge in [0.05, 0.1) is 24.7 Å². The molecule has 2 aromatic carbocycles. The number of aliphatic hydroxyl groups is 1. The molecule has 196 valence electrons. The van der Waals surface area contributed by atoms with Crippen molar-refractivity contribution in [3.63, 3.8) is 0 Å². The van der Waals surface area contributed by atoms with Crippen LogP contribution in [0.25, 0.3) is 22.1 Å². The number of rotatable bonds is 6. The van der Waals surface area contributed by atoms with E-state index in [1.807, 2.05) is 0 Å². The third-order valence-corrected chi connectivity index (χ3v) is 8.06. The van der Waals surface area contributed by atoms with Gasteiger partial charge < -0.3 is 24.9 Å². The van der Waals surface area contributed by atoms with E-state index in [1.54, 1.807) is 30.3 Å². The Morgan fingerprint density at radius 1 is 0.947 bits per heavy atom. The number of halogens is 1. The normalized spacial score (nSPS) is 20.7. The molecule has 3 fully saturated rings. The van der Waals surface area contributed by atoms with Crippen LogP contribution in [0.1, 0.15) is 61.1 Å². The number of carbonyl (C=O) groups is 2. The van der Waals surface area contributed by atoms with Gasteiger partial charge in [-0.3, -0.25) is 9.59 Å². The van der Waals surface area contributed by atoms with Crippen LogP contribution >= 0.6 is 0 Å². The van der Waals surface area contributed by atoms with Crippen LogP contribution in [0.5, 0.6) is 0 Å². The molecule has 2 aliphatic carbocycles. The average molecular weight is 518 g/mol. The van der Waals surface area contributed by atoms with Crippen molar-refractivity contribution in [2.75, 3.05) is 13.2 Å². The molecule has 0 spiro atoms. The molecule has 6 rings (SSSR count). The molecule has 1 aliphatic heterocycles. The first-order chi connectivity index (χ1) is 18.2. The van der Waals surface area contributed by atoms with Gasteiger partial charge in [0, 0.05) is 6.07 Å². The molecule has 1 saturated heterocycles. The molecule has 3 aromatic rings. The van der Waals surface area contributed by atoms with Gasteiger partial charge in [-0.2, -0.15) is 5.26 Å². The summed E-state index contributed by atoms with van der Waals surface area (Å²) in [4.78, 5) is 26.5. The topological polar surface area (TPSA) is 125 Å². The highest BCUT2D eigenvalue weighted by Crippen LogP contribution is 2.37. The van der Waals surface area contributed by atoms with E-state index in [-0.39, 0.29) is 35.9 Å². The smallest absolute Gasteiger partial charge is 0.287 e. The third-order valence-electron chi connectivity index (χ3n) is 8.06. The summed E-state index contributed by atoms with van der Waals surface area (Å²) >= 11 is 0. The van der Waals surface area contributed by atoms with Crippen molar-refractivity contribution in [2.24, 2.45) is 0 Å². The third kappa shape index (κ3) is 4.24. The van der Waals surface area contributed by atoms with Crippen molar-refractivity contribution in [1.29, 1.82) is 5.26 Å². The predicted molar refractivity (Wildman–Crippen MR) is 135 cm³/mol. The lowest BCUT2D eigenvalue weighted by atomic mass is 9.80. The van der Waals surface area contributed by atoms with Gasteiger partial charge in [0.1, 0.15) is 28.1 Å². The van der Waals surface area contributed by atoms with Crippen LogP contribution in [0.2, 0.25) is 0 Å². The Kier molecular flexibility index (Phi) is 5.78. The van der Waals surface area contributed by atoms with Gasteiger partial charge in [-0.15, -0.1) is 0 Å². The molecule has 0 bridgehead atoms. The molecular weight excluding hydrogens is 489 g/mol. The highest BCUT2D eigenvalue weighted by atomic mass is 19.1. The molecule has 2 heterocycles. The number of hydrogen-bond acceptors (Lipinski definition) is 6. The van der Waals surface area contributed by atoms with Crippen molar-refractivity contribution in [2.45, 2.75) is 61.6 Å². The Morgan fingerprint density at radius 2 is 1.66 bits per heavy atom. The zero-order chi connectivity index (χ0) is 26.5. The number of benzene rings is 2. The lowest BCUT2D eigenvalue weighted by molar-refractivity contribution is -0.184. The fraction of sp³-hybridized carbons (Fsp3) is 0.414. The maximum atomic E-state index is 15.1. The monoisotopic (exact) mass is 517 g/mol. The van der Waals surface area contributed by atoms with E-state index in [4.69, 9.17) is 9.15 Å². The summed E-state index contributed by atoms with van der Waals surface area (Å²) in [5.41, 5.74) is -0.733. The van der Waals surface area contributed by atoms with Gasteiger partial charge in [-0.05, 0) is 54.5 Å². The minimum atomic E-state index is -1.14. The van der Waals surface area contributed by atoms with Gasteiger partial charge in [-0.1, -0.05) is 43.5 Å². The largest absolute Gasteiger partial charge is 0.451 e. The SMILES string of the molecule is N#CC1(NC(=O)C2(NC(=O)c3cc4c(F)cc(-c5ccc(C6(O)COC6)cc5)cc4o3)CCCCC2)CC1. The van der Waals surface area contributed by atoms with Crippen molar-refractivity contribution in [3.8, 4) is 17.2 Å². The van der Waals surface area contributed by atoms with Crippen LogP contribution in [0.3, 0.4) is 0 Å². The van der Waals surface area contributed by atoms with Crippen LogP contribution in [0, 0.1) is 17.1 Å². The first-order valence-electron chi connectivity index (χ1n) is 13.0. The van der Waals surface area contributed by atoms with Gasteiger partial charge >= 0.3 is 0 Å². The molecule has 0 radical (unpaired) electrons. The van der Waals surface area contributed by atoms with Crippen molar-refractivity contribution in [1.82, 2.24) is 10.6 Å². The van der Waals surface area contributed by atoms with E-state index < -0.39 is 28.4 Å². The van der Waals surface area contributed by atoms with Crippen LogP contribution in [0.4, 0.5) is 4.39 Å². The summed E-state index contributed by atoms with van der Waals surface area (Å²) in [5, 5.41) is 25.7. The van der Waals surface area contributed by atoms with Gasteiger partial charge in [0.15, 0.2) is 5.76 Å². The van der Waals surface area contributed by atoms with Crippen LogP contribution < -0.4 is 10.6 Å². The van der Waals surface area contributed by atoms with Gasteiger partial charge in [-0.25, -0.2) is 4.39 Å². The molecule has 0 unspecified atom stereocenters. The number of hydrogen-bond donors (Lipinski definition) is 3. The molecule has 2 amide bonds. The Balaban J connectivity index is 1.25. The standard InChI is InChI=1S/C29H28FN3O5/c30-22-12-19(18-4-6-20(7-5-18)29(36)16-37-17-29)13-23-21(22)14-24(38-23)25(34)32-28(8-2-1-3-9-28)26(35)33-27(15-31)10-11-27/h4-7,12-14,36H,1-3,8-11,16-17H2,(H,32,34)(H,33,35). The summed E-state index contributed by atoms with van der Waals surface area (Å²) in [6, 6.07) is 13.7. The summed E-state index contributed by atoms with van der Waals surface area (Å²) in [5.74, 6) is -1.57. The fourth-order valence-electron chi connectivity index (χ4n) is 5.38. The number of carbonyl (C=O) groups excluding carboxylic acids is 2. The maximum Gasteiger partial charge on any atom is 0.287 e. The highest BCUT2D eigenvalue weighted by Gasteiger charge is 2.50. The average Bonchev–Trinajstić information content (AvgIpc) is 3.54. The summed E-state index contributed by atoms with van der Waals surface area (Å²) in [7, 11) is 0. The van der Waals surface area contributed by atoms with Crippen LogP contribution in [-0.4, -0.2) is 41.2 Å². The minimum Gasteiger partial charge on any atom is -0.451 e. The summed E-state index contributed by atoms with van der Waals surface area (Å²) in [6.45, 7) is 0.485. The lowest BCUT2D eigenvalue weighted by Crippen LogP contribution is -2.61. The summed E-state index contributed by atoms with van der Waals surface area (Å²) in [6.07, 6.45) is 4.62. The van der Waals surface area contributed by atoms with E-state index in [0.29, 0.717) is 31.2 Å². The number of nitrogens with one attached hydrogen (secondary N) is 2. The number of nitrogens with zero attached hydrogens (tertiary/aromatic N) is 1. The number of nitriles is 1. The molecular formula is C29H28FN3O5. The molecule has 38 heavy (non-hydrogen) atoms. The fourth-order valence-corrected chi connectivity index (χ4v) is 5.38. The van der Waals surface area contributed by atoms with E-state index >= 15 is 4.39 Å². The zero-order valence-corrected chi connectivity index (χ0v) is 20.8. The summed E-state index contributed by atoms with van der Waals surface area (Å²) < 4.78 is 26.0. The number of fused-ring (bicyclic) bond motifs is 1. The Morgan fingerprint density at radius 3 is 2.26 bits per heavy atom. The molecule has 2 saturated carbocycles. The molecule has 1 aromatic heterocycles. The Bertz CT molecular complexity index is 1460. The van der Waals surface area contributed by atoms with E-state index in [1.165, 1.54) is 12.1 Å². The Hall–Kier alpha value is -3.74. The molecule has 0 atom stereocenters. The first kappa shape index (κ1) is 24.6. The van der Waals surface area contributed by atoms with Gasteiger partial charge in [0.2, 0.25) is 5.91 Å². The number of ether oxygens (including phenoxy) is 1. The van der Waals surface area contributed by atoms with E-state index in [2.05, 4.69) is 16.7 Å². The quantitative estimate of drug-likeness (QED) is 0.453. The molecule has 9 heteroatoms. The lowest BCUT2D eigenvalue weighted by Gasteiger charge is -2.37. The highest BCUT2D eigenvalue weighted by molar-refractivity contribution is 6.01. The number of furan rings is 1. The molecule has 3 N–H and O–H groups in total. The van der Waals surface area contributed by atoms with Crippen LogP contribution in [-0.2, 0) is 15.1 Å². The predicted octanol–water partition coefficient (Wildman–Crippen LogP) is 4.06. The molecule has 8 nitrogen and oxygen atoms in total. The minimum absolute atomic E-state index is 0.0854. The Labute approximate surface area is 218 Å². The second-order valence-corrected chi connectivity index (χ2v) is 10.8. The number of amides is 2. The molecule has 3 aliphatic rings. The van der Waals surface area contributed by atoms with Crippen molar-refractivity contribution >= 4 is 22.8 Å². The van der Waals surface area contributed by atoms with Crippen molar-refractivity contribution in [3.05, 3.63) is 59.6 Å². The van der Waals surface area contributed by atoms with E-state index in [9.17, 15) is 20.0 Å². The second-order valence-electron chi connectivity index (χ2n) is 10.8. The maximum absolute atomic E-state index is 15.1. The first-order valence-corrected chi connectivity index (χ1v) is 13.0. The van der Waals surface area contributed by atoms with Crippen LogP contribution in [0.15, 0.2) is 46.9 Å². The zero-order valence-electron chi connectivity index (χ0n) is 20.8. The second kappa shape index (κ2) is 8.93. The van der Waals surface area contributed by atoms with E-state index in [0.717, 1.165) is 30.4 Å². The van der Waals surface area contributed by atoms with Gasteiger partial charge in [0.25, 0.3) is 5.91 Å². The van der Waals surface area contributed by atoms with Crippen molar-refractivity contribution < 1.29 is 28.2 Å².